The summed E-state index contributed by atoms with van der Waals surface area (Å²) in [6.07, 6.45) is 0. The Morgan fingerprint density at radius 2 is 1.74 bits per heavy atom. The second-order valence-corrected chi connectivity index (χ2v) is 4.45. The molecule has 0 fully saturated rings. The topological polar surface area (TPSA) is 103 Å². The van der Waals surface area contributed by atoms with Crippen molar-refractivity contribution < 1.29 is 19.2 Å². The van der Waals surface area contributed by atoms with Gasteiger partial charge in [0.25, 0.3) is 5.69 Å². The van der Waals surface area contributed by atoms with Crippen LogP contribution in [-0.4, -0.2) is 25.2 Å². The number of rotatable bonds is 5. The molecular formula is C15H15N3O5. The first-order valence-electron chi connectivity index (χ1n) is 6.58. The first kappa shape index (κ1) is 16.1. The number of hydrogen-bond acceptors (Lipinski definition) is 5. The lowest BCUT2D eigenvalue weighted by Crippen LogP contribution is -2.19. The van der Waals surface area contributed by atoms with Crippen molar-refractivity contribution in [1.82, 2.24) is 0 Å². The van der Waals surface area contributed by atoms with Crippen LogP contribution in [0, 0.1) is 10.1 Å². The fourth-order valence-corrected chi connectivity index (χ4v) is 1.86. The van der Waals surface area contributed by atoms with Gasteiger partial charge < -0.3 is 20.1 Å². The Morgan fingerprint density at radius 1 is 1.04 bits per heavy atom. The Bertz CT molecular complexity index is 716. The van der Waals surface area contributed by atoms with Crippen LogP contribution in [0.25, 0.3) is 0 Å². The number of ether oxygens (including phenoxy) is 2. The van der Waals surface area contributed by atoms with Gasteiger partial charge in [0.15, 0.2) is 0 Å². The molecule has 2 N–H and O–H groups in total. The zero-order valence-electron chi connectivity index (χ0n) is 12.5. The van der Waals surface area contributed by atoms with Crippen molar-refractivity contribution in [2.45, 2.75) is 0 Å². The van der Waals surface area contributed by atoms with Crippen LogP contribution in [0.4, 0.5) is 21.9 Å². The average molecular weight is 317 g/mol. The highest BCUT2D eigenvalue weighted by Crippen LogP contribution is 2.29. The number of urea groups is 1. The van der Waals surface area contributed by atoms with Crippen LogP contribution in [0.2, 0.25) is 0 Å². The Balaban J connectivity index is 2.08. The molecule has 2 amide bonds. The smallest absolute Gasteiger partial charge is 0.323 e. The maximum Gasteiger partial charge on any atom is 0.323 e. The van der Waals surface area contributed by atoms with E-state index in [0.717, 1.165) is 0 Å². The van der Waals surface area contributed by atoms with E-state index in [9.17, 15) is 14.9 Å². The number of amides is 2. The second-order valence-electron chi connectivity index (χ2n) is 4.45. The van der Waals surface area contributed by atoms with Crippen molar-refractivity contribution in [1.29, 1.82) is 0 Å². The number of benzene rings is 2. The predicted molar refractivity (Wildman–Crippen MR) is 85.3 cm³/mol. The van der Waals surface area contributed by atoms with Gasteiger partial charge in [0.2, 0.25) is 0 Å². The molecule has 120 valence electrons. The van der Waals surface area contributed by atoms with E-state index in [1.54, 1.807) is 31.4 Å². The Kier molecular flexibility index (Phi) is 4.98. The number of methoxy groups -OCH3 is 2. The number of nitro groups is 1. The summed E-state index contributed by atoms with van der Waals surface area (Å²) in [4.78, 5) is 22.2. The summed E-state index contributed by atoms with van der Waals surface area (Å²) in [6, 6.07) is 10.2. The number of carbonyl (C=O) groups is 1. The third-order valence-corrected chi connectivity index (χ3v) is 2.99. The Morgan fingerprint density at radius 3 is 2.30 bits per heavy atom. The number of non-ortho nitro benzene ring substituents is 1. The van der Waals surface area contributed by atoms with E-state index >= 15 is 0 Å². The number of nitro benzene ring substituents is 1. The van der Waals surface area contributed by atoms with Gasteiger partial charge in [-0.3, -0.25) is 10.1 Å². The fourth-order valence-electron chi connectivity index (χ4n) is 1.86. The van der Waals surface area contributed by atoms with Gasteiger partial charge in [0.1, 0.15) is 11.5 Å². The quantitative estimate of drug-likeness (QED) is 0.651. The summed E-state index contributed by atoms with van der Waals surface area (Å²) in [5.74, 6) is 0.872. The average Bonchev–Trinajstić information content (AvgIpc) is 2.55. The van der Waals surface area contributed by atoms with Gasteiger partial charge in [0.05, 0.1) is 30.9 Å². The minimum Gasteiger partial charge on any atom is -0.497 e. The van der Waals surface area contributed by atoms with Crippen molar-refractivity contribution in [2.24, 2.45) is 0 Å². The van der Waals surface area contributed by atoms with E-state index < -0.39 is 11.0 Å². The lowest BCUT2D eigenvalue weighted by atomic mass is 10.2. The molecule has 0 atom stereocenters. The molecule has 0 aromatic heterocycles. The molecule has 0 bridgehead atoms. The molecule has 0 spiro atoms. The van der Waals surface area contributed by atoms with E-state index in [1.807, 2.05) is 0 Å². The normalized spacial score (nSPS) is 9.83. The SMILES string of the molecule is COc1ccc(NC(=O)Nc2ccc([N+](=O)[O-])cc2OC)cc1. The van der Waals surface area contributed by atoms with Crippen LogP contribution in [0.3, 0.4) is 0 Å². The zero-order chi connectivity index (χ0) is 16.8. The van der Waals surface area contributed by atoms with E-state index in [0.29, 0.717) is 17.1 Å². The number of nitrogens with zero attached hydrogens (tertiary/aromatic N) is 1. The minimum atomic E-state index is -0.538. The van der Waals surface area contributed by atoms with Crippen molar-refractivity contribution >= 4 is 23.1 Å². The Labute approximate surface area is 132 Å². The van der Waals surface area contributed by atoms with Gasteiger partial charge in [-0.25, -0.2) is 4.79 Å². The molecule has 23 heavy (non-hydrogen) atoms. The molecule has 8 heteroatoms. The molecule has 0 aliphatic heterocycles. The summed E-state index contributed by atoms with van der Waals surface area (Å²) in [7, 11) is 2.92. The summed E-state index contributed by atoms with van der Waals surface area (Å²) in [5.41, 5.74) is 0.774. The Hall–Kier alpha value is -3.29. The largest absolute Gasteiger partial charge is 0.497 e. The molecule has 2 rings (SSSR count). The van der Waals surface area contributed by atoms with Crippen LogP contribution in [0.15, 0.2) is 42.5 Å². The number of anilines is 2. The lowest BCUT2D eigenvalue weighted by molar-refractivity contribution is -0.384. The molecule has 8 nitrogen and oxygen atoms in total. The first-order chi connectivity index (χ1) is 11.0. The summed E-state index contributed by atoms with van der Waals surface area (Å²) in [6.45, 7) is 0. The van der Waals surface area contributed by atoms with E-state index in [4.69, 9.17) is 9.47 Å². The van der Waals surface area contributed by atoms with E-state index in [-0.39, 0.29) is 11.4 Å². The van der Waals surface area contributed by atoms with Gasteiger partial charge in [0, 0.05) is 11.8 Å². The van der Waals surface area contributed by atoms with Crippen LogP contribution in [-0.2, 0) is 0 Å². The number of nitrogens with one attached hydrogen (secondary N) is 2. The molecule has 0 aliphatic carbocycles. The van der Waals surface area contributed by atoms with Crippen LogP contribution in [0.1, 0.15) is 0 Å². The standard InChI is InChI=1S/C15H15N3O5/c1-22-12-6-3-10(4-7-12)16-15(19)17-13-8-5-11(18(20)21)9-14(13)23-2/h3-9H,1-2H3,(H2,16,17,19). The highest BCUT2D eigenvalue weighted by Gasteiger charge is 2.13. The lowest BCUT2D eigenvalue weighted by Gasteiger charge is -2.11. The fraction of sp³-hybridized carbons (Fsp3) is 0.133. The summed E-state index contributed by atoms with van der Waals surface area (Å²) in [5, 5.41) is 15.9. The minimum absolute atomic E-state index is 0.122. The van der Waals surface area contributed by atoms with E-state index in [1.165, 1.54) is 25.3 Å². The third kappa shape index (κ3) is 4.10. The summed E-state index contributed by atoms with van der Waals surface area (Å²) < 4.78 is 10.1. The van der Waals surface area contributed by atoms with Gasteiger partial charge >= 0.3 is 6.03 Å². The number of hydrogen-bond donors (Lipinski definition) is 2. The molecule has 0 saturated carbocycles. The highest BCUT2D eigenvalue weighted by atomic mass is 16.6. The van der Waals surface area contributed by atoms with Gasteiger partial charge in [-0.1, -0.05) is 0 Å². The molecule has 0 aliphatic rings. The maximum atomic E-state index is 12.0. The molecule has 0 radical (unpaired) electrons. The molecule has 2 aromatic carbocycles. The second kappa shape index (κ2) is 7.12. The maximum absolute atomic E-state index is 12.0. The highest BCUT2D eigenvalue weighted by molar-refractivity contribution is 6.00. The number of carbonyl (C=O) groups excluding carboxylic acids is 1. The van der Waals surface area contributed by atoms with E-state index in [2.05, 4.69) is 10.6 Å². The van der Waals surface area contributed by atoms with Crippen molar-refractivity contribution in [3.05, 3.63) is 52.6 Å². The monoisotopic (exact) mass is 317 g/mol. The molecule has 2 aromatic rings. The molecule has 0 heterocycles. The van der Waals surface area contributed by atoms with Gasteiger partial charge in [-0.15, -0.1) is 0 Å². The van der Waals surface area contributed by atoms with Gasteiger partial charge in [-0.2, -0.15) is 0 Å². The van der Waals surface area contributed by atoms with Crippen molar-refractivity contribution in [2.75, 3.05) is 24.9 Å². The molecule has 0 saturated heterocycles. The molecular weight excluding hydrogens is 302 g/mol. The van der Waals surface area contributed by atoms with Crippen LogP contribution >= 0.6 is 0 Å². The van der Waals surface area contributed by atoms with Crippen molar-refractivity contribution in [3.63, 3.8) is 0 Å². The van der Waals surface area contributed by atoms with Crippen LogP contribution in [0.5, 0.6) is 11.5 Å². The van der Waals surface area contributed by atoms with Crippen molar-refractivity contribution in [3.8, 4) is 11.5 Å². The predicted octanol–water partition coefficient (Wildman–Crippen LogP) is 3.26. The molecule has 0 unspecified atom stereocenters. The zero-order valence-corrected chi connectivity index (χ0v) is 12.5. The first-order valence-corrected chi connectivity index (χ1v) is 6.58. The summed E-state index contributed by atoms with van der Waals surface area (Å²) >= 11 is 0. The van der Waals surface area contributed by atoms with Crippen LogP contribution < -0.4 is 20.1 Å². The third-order valence-electron chi connectivity index (χ3n) is 2.99. The van der Waals surface area contributed by atoms with Gasteiger partial charge in [-0.05, 0) is 30.3 Å².